The second-order valence-electron chi connectivity index (χ2n) is 5.10. The highest BCUT2D eigenvalue weighted by Gasteiger charge is 2.26. The van der Waals surface area contributed by atoms with E-state index < -0.39 is 5.54 Å². The van der Waals surface area contributed by atoms with Crippen molar-refractivity contribution in [2.45, 2.75) is 39.2 Å². The predicted octanol–water partition coefficient (Wildman–Crippen LogP) is 3.57. The van der Waals surface area contributed by atoms with Crippen LogP contribution in [0.4, 0.5) is 4.39 Å². The first-order valence-electron chi connectivity index (χ1n) is 6.42. The van der Waals surface area contributed by atoms with E-state index in [4.69, 9.17) is 5.73 Å². The summed E-state index contributed by atoms with van der Waals surface area (Å²) in [6.45, 7) is 6.11. The minimum atomic E-state index is -0.559. The van der Waals surface area contributed by atoms with Crippen molar-refractivity contribution < 1.29 is 4.39 Å². The van der Waals surface area contributed by atoms with E-state index in [-0.39, 0.29) is 5.82 Å². The monoisotopic (exact) mass is 278 g/mol. The number of aryl methyl sites for hydroxylation is 2. The fourth-order valence-corrected chi connectivity index (χ4v) is 3.21. The minimum absolute atomic E-state index is 0.224. The smallest absolute Gasteiger partial charge is 0.123 e. The number of rotatable bonds is 4. The minimum Gasteiger partial charge on any atom is -0.319 e. The lowest BCUT2D eigenvalue weighted by Gasteiger charge is -2.22. The molecule has 0 saturated heterocycles. The molecule has 4 heteroatoms. The summed E-state index contributed by atoms with van der Waals surface area (Å²) in [4.78, 5) is 5.83. The molecule has 0 aliphatic carbocycles. The van der Waals surface area contributed by atoms with Crippen LogP contribution in [0.25, 0.3) is 0 Å². The quantitative estimate of drug-likeness (QED) is 0.928. The van der Waals surface area contributed by atoms with Gasteiger partial charge in [0, 0.05) is 4.88 Å². The van der Waals surface area contributed by atoms with E-state index in [1.165, 1.54) is 17.0 Å². The molecule has 0 spiro atoms. The molecule has 0 amide bonds. The fraction of sp³-hybridized carbons (Fsp3) is 0.400. The van der Waals surface area contributed by atoms with Crippen LogP contribution in [-0.4, -0.2) is 4.98 Å². The highest BCUT2D eigenvalue weighted by molar-refractivity contribution is 7.11. The molecule has 1 heterocycles. The van der Waals surface area contributed by atoms with Crippen LogP contribution in [0.5, 0.6) is 0 Å². The van der Waals surface area contributed by atoms with Crippen molar-refractivity contribution in [2.24, 2.45) is 5.73 Å². The second kappa shape index (κ2) is 5.39. The zero-order chi connectivity index (χ0) is 14.0. The van der Waals surface area contributed by atoms with Gasteiger partial charge in [0.25, 0.3) is 0 Å². The van der Waals surface area contributed by atoms with Gasteiger partial charge in [0.1, 0.15) is 10.8 Å². The largest absolute Gasteiger partial charge is 0.319 e. The molecule has 0 radical (unpaired) electrons. The van der Waals surface area contributed by atoms with Crippen molar-refractivity contribution >= 4 is 11.3 Å². The highest BCUT2D eigenvalue weighted by Crippen LogP contribution is 2.29. The summed E-state index contributed by atoms with van der Waals surface area (Å²) in [5, 5.41) is 0.922. The summed E-state index contributed by atoms with van der Waals surface area (Å²) >= 11 is 1.64. The van der Waals surface area contributed by atoms with Crippen LogP contribution in [-0.2, 0) is 18.4 Å². The molecule has 2 nitrogen and oxygen atoms in total. The molecule has 0 aliphatic heterocycles. The number of aromatic nitrogens is 1. The number of nitrogens with zero attached hydrogens (tertiary/aromatic N) is 1. The maximum absolute atomic E-state index is 13.2. The summed E-state index contributed by atoms with van der Waals surface area (Å²) in [6.07, 6.45) is 1.50. The zero-order valence-electron chi connectivity index (χ0n) is 11.5. The van der Waals surface area contributed by atoms with Crippen molar-refractivity contribution in [2.75, 3.05) is 0 Å². The van der Waals surface area contributed by atoms with E-state index >= 15 is 0 Å². The number of halogens is 1. The number of benzene rings is 1. The Bertz CT molecular complexity index is 575. The van der Waals surface area contributed by atoms with Crippen LogP contribution in [0.3, 0.4) is 0 Å². The Labute approximate surface area is 117 Å². The summed E-state index contributed by atoms with van der Waals surface area (Å²) in [5.41, 5.74) is 7.83. The van der Waals surface area contributed by atoms with Gasteiger partial charge in [-0.1, -0.05) is 19.1 Å². The first-order chi connectivity index (χ1) is 8.92. The molecule has 0 fully saturated rings. The van der Waals surface area contributed by atoms with Gasteiger partial charge in [-0.25, -0.2) is 9.37 Å². The molecule has 0 saturated carbocycles. The Morgan fingerprint density at radius 3 is 2.74 bits per heavy atom. The van der Waals surface area contributed by atoms with Gasteiger partial charge in [-0.15, -0.1) is 11.3 Å². The van der Waals surface area contributed by atoms with E-state index in [9.17, 15) is 4.39 Å². The molecule has 2 rings (SSSR count). The molecule has 19 heavy (non-hydrogen) atoms. The molecular formula is C15H19FN2S. The molecule has 1 aromatic heterocycles. The maximum Gasteiger partial charge on any atom is 0.123 e. The van der Waals surface area contributed by atoms with Crippen LogP contribution >= 0.6 is 11.3 Å². The lowest BCUT2D eigenvalue weighted by Crippen LogP contribution is -2.35. The molecule has 1 aromatic carbocycles. The standard InChI is InChI=1S/C15H19FN2S/c1-4-13-10(2)19-14(18-13)15(3,17)9-11-6-5-7-12(16)8-11/h5-8H,4,9,17H2,1-3H3. The fourth-order valence-electron chi connectivity index (χ4n) is 2.15. The van der Waals surface area contributed by atoms with Crippen LogP contribution < -0.4 is 5.73 Å². The van der Waals surface area contributed by atoms with E-state index in [1.807, 2.05) is 13.0 Å². The van der Waals surface area contributed by atoms with Gasteiger partial charge >= 0.3 is 0 Å². The third kappa shape index (κ3) is 3.19. The summed E-state index contributed by atoms with van der Waals surface area (Å²) < 4.78 is 13.2. The van der Waals surface area contributed by atoms with Crippen LogP contribution in [0.2, 0.25) is 0 Å². The van der Waals surface area contributed by atoms with Crippen molar-refractivity contribution in [3.8, 4) is 0 Å². The Morgan fingerprint density at radius 1 is 1.42 bits per heavy atom. The third-order valence-corrected chi connectivity index (χ3v) is 4.47. The maximum atomic E-state index is 13.2. The van der Waals surface area contributed by atoms with Gasteiger partial charge in [0.2, 0.25) is 0 Å². The summed E-state index contributed by atoms with van der Waals surface area (Å²) in [6, 6.07) is 6.59. The lowest BCUT2D eigenvalue weighted by atomic mass is 9.94. The average Bonchev–Trinajstić information content (AvgIpc) is 2.71. The summed E-state index contributed by atoms with van der Waals surface area (Å²) in [5.74, 6) is -0.224. The average molecular weight is 278 g/mol. The first-order valence-corrected chi connectivity index (χ1v) is 7.24. The van der Waals surface area contributed by atoms with Crippen molar-refractivity contribution in [1.82, 2.24) is 4.98 Å². The lowest BCUT2D eigenvalue weighted by molar-refractivity contribution is 0.485. The number of nitrogens with two attached hydrogens (primary N) is 1. The Hall–Kier alpha value is -1.26. The Kier molecular flexibility index (Phi) is 4.02. The van der Waals surface area contributed by atoms with Crippen molar-refractivity contribution in [3.05, 3.63) is 51.2 Å². The summed E-state index contributed by atoms with van der Waals surface area (Å²) in [7, 11) is 0. The number of hydrogen-bond acceptors (Lipinski definition) is 3. The molecule has 102 valence electrons. The third-order valence-electron chi connectivity index (χ3n) is 3.18. The van der Waals surface area contributed by atoms with Crippen molar-refractivity contribution in [1.29, 1.82) is 0 Å². The molecule has 2 aromatic rings. The highest BCUT2D eigenvalue weighted by atomic mass is 32.1. The molecule has 0 aliphatic rings. The normalized spacial score (nSPS) is 14.4. The predicted molar refractivity (Wildman–Crippen MR) is 77.9 cm³/mol. The van der Waals surface area contributed by atoms with E-state index in [0.29, 0.717) is 6.42 Å². The molecule has 2 N–H and O–H groups in total. The zero-order valence-corrected chi connectivity index (χ0v) is 12.4. The van der Waals surface area contributed by atoms with Crippen LogP contribution in [0.15, 0.2) is 24.3 Å². The molecule has 1 unspecified atom stereocenters. The molecular weight excluding hydrogens is 259 g/mol. The van der Waals surface area contributed by atoms with E-state index in [1.54, 1.807) is 17.4 Å². The first kappa shape index (κ1) is 14.2. The van der Waals surface area contributed by atoms with Gasteiger partial charge in [0.15, 0.2) is 0 Å². The van der Waals surface area contributed by atoms with E-state index in [2.05, 4.69) is 18.8 Å². The van der Waals surface area contributed by atoms with Crippen LogP contribution in [0, 0.1) is 12.7 Å². The Morgan fingerprint density at radius 2 is 2.16 bits per heavy atom. The van der Waals surface area contributed by atoms with Gasteiger partial charge in [-0.3, -0.25) is 0 Å². The van der Waals surface area contributed by atoms with Crippen molar-refractivity contribution in [3.63, 3.8) is 0 Å². The SMILES string of the molecule is CCc1nc(C(C)(N)Cc2cccc(F)c2)sc1C. The number of hydrogen-bond donors (Lipinski definition) is 1. The van der Waals surface area contributed by atoms with Gasteiger partial charge in [-0.05, 0) is 44.4 Å². The molecule has 0 bridgehead atoms. The molecule has 1 atom stereocenters. The van der Waals surface area contributed by atoms with Crippen LogP contribution in [0.1, 0.15) is 35.0 Å². The Balaban J connectivity index is 2.26. The number of thiazole rings is 1. The van der Waals surface area contributed by atoms with E-state index in [0.717, 1.165) is 22.7 Å². The van der Waals surface area contributed by atoms with Gasteiger partial charge in [-0.2, -0.15) is 0 Å². The second-order valence-corrected chi connectivity index (χ2v) is 6.30. The van der Waals surface area contributed by atoms with Gasteiger partial charge < -0.3 is 5.73 Å². The van der Waals surface area contributed by atoms with Gasteiger partial charge in [0.05, 0.1) is 11.2 Å². The topological polar surface area (TPSA) is 38.9 Å².